The summed E-state index contributed by atoms with van der Waals surface area (Å²) in [6.07, 6.45) is 0.732. The Hall–Kier alpha value is -0.700. The molecule has 0 aromatic rings. The lowest BCUT2D eigenvalue weighted by molar-refractivity contribution is -0.133. The fraction of sp³-hybridized carbons (Fsp3) is 0.923. The number of hydrogen-bond acceptors (Lipinski definition) is 5. The van der Waals surface area contributed by atoms with E-state index in [0.717, 1.165) is 6.42 Å². The number of nitrogens with one attached hydrogen (secondary N) is 1. The molecule has 0 aliphatic carbocycles. The third-order valence-corrected chi connectivity index (χ3v) is 5.10. The Morgan fingerprint density at radius 3 is 2.71 bits per heavy atom. The third kappa shape index (κ3) is 5.90. The Morgan fingerprint density at radius 2 is 2.14 bits per heavy atom. The summed E-state index contributed by atoms with van der Waals surface area (Å²) >= 11 is 0. The number of hydrogen-bond donors (Lipinski definition) is 2. The van der Waals surface area contributed by atoms with Crippen LogP contribution in [-0.4, -0.2) is 63.9 Å². The van der Waals surface area contributed by atoms with E-state index < -0.39 is 10.0 Å². The Bertz CT molecular complexity index is 450. The maximum atomic E-state index is 12.1. The van der Waals surface area contributed by atoms with Crippen molar-refractivity contribution in [2.24, 2.45) is 11.1 Å². The maximum Gasteiger partial charge on any atom is 0.237 e. The van der Waals surface area contributed by atoms with Crippen LogP contribution in [0, 0.1) is 5.41 Å². The number of carbonyl (C=O) groups is 1. The molecule has 1 heterocycles. The molecule has 7 nitrogen and oxygen atoms in total. The van der Waals surface area contributed by atoms with Gasteiger partial charge in [0.2, 0.25) is 15.9 Å². The van der Waals surface area contributed by atoms with E-state index in [9.17, 15) is 13.2 Å². The van der Waals surface area contributed by atoms with Gasteiger partial charge in [0.25, 0.3) is 0 Å². The molecule has 0 radical (unpaired) electrons. The van der Waals surface area contributed by atoms with E-state index >= 15 is 0 Å². The van der Waals surface area contributed by atoms with Gasteiger partial charge >= 0.3 is 0 Å². The third-order valence-electron chi connectivity index (χ3n) is 3.81. The van der Waals surface area contributed by atoms with Gasteiger partial charge in [-0.2, -0.15) is 0 Å². The smallest absolute Gasteiger partial charge is 0.237 e. The zero-order chi connectivity index (χ0) is 16.1. The van der Waals surface area contributed by atoms with Crippen molar-refractivity contribution in [3.63, 3.8) is 0 Å². The first-order valence-corrected chi connectivity index (χ1v) is 8.91. The molecular formula is C13H27N3O4S. The normalized spacial score (nSPS) is 22.3. The zero-order valence-electron chi connectivity index (χ0n) is 13.1. The van der Waals surface area contributed by atoms with Crippen molar-refractivity contribution in [1.29, 1.82) is 0 Å². The first kappa shape index (κ1) is 18.3. The van der Waals surface area contributed by atoms with Crippen LogP contribution in [0.3, 0.4) is 0 Å². The molecule has 0 bridgehead atoms. The first-order chi connectivity index (χ1) is 9.68. The molecule has 1 atom stereocenters. The van der Waals surface area contributed by atoms with Gasteiger partial charge in [0, 0.05) is 25.7 Å². The number of nitrogens with zero attached hydrogens (tertiary/aromatic N) is 1. The highest BCUT2D eigenvalue weighted by molar-refractivity contribution is 7.89. The number of piperidine rings is 1. The number of amides is 1. The molecule has 0 aromatic heterocycles. The van der Waals surface area contributed by atoms with E-state index in [-0.39, 0.29) is 36.3 Å². The standard InChI is InChI=1S/C13H27N3O4S/c1-4-20-7-8-21(18,19)15-9-12(17)16-6-5-11(14)13(2,3)10-16/h11,15H,4-10,14H2,1-3H3. The van der Waals surface area contributed by atoms with Crippen LogP contribution in [0.25, 0.3) is 0 Å². The van der Waals surface area contributed by atoms with Crippen LogP contribution in [0.4, 0.5) is 0 Å². The van der Waals surface area contributed by atoms with E-state index in [1.54, 1.807) is 11.8 Å². The lowest BCUT2D eigenvalue weighted by Gasteiger charge is -2.42. The number of nitrogens with two attached hydrogens (primary N) is 1. The second-order valence-corrected chi connectivity index (χ2v) is 7.96. The molecule has 1 saturated heterocycles. The SMILES string of the molecule is CCOCCS(=O)(=O)NCC(=O)N1CCC(N)C(C)(C)C1. The number of likely N-dealkylation sites (tertiary alicyclic amines) is 1. The van der Waals surface area contributed by atoms with Crippen LogP contribution in [0.15, 0.2) is 0 Å². The van der Waals surface area contributed by atoms with Crippen molar-refractivity contribution in [1.82, 2.24) is 9.62 Å². The van der Waals surface area contributed by atoms with Crippen molar-refractivity contribution in [3.05, 3.63) is 0 Å². The lowest BCUT2D eigenvalue weighted by atomic mass is 9.80. The molecule has 8 heteroatoms. The summed E-state index contributed by atoms with van der Waals surface area (Å²) in [6.45, 7) is 7.35. The highest BCUT2D eigenvalue weighted by atomic mass is 32.2. The minimum Gasteiger partial charge on any atom is -0.381 e. The molecule has 1 aliphatic heterocycles. The molecule has 1 rings (SSSR count). The fourth-order valence-electron chi connectivity index (χ4n) is 2.26. The summed E-state index contributed by atoms with van der Waals surface area (Å²) in [7, 11) is -3.47. The van der Waals surface area contributed by atoms with Crippen LogP contribution in [-0.2, 0) is 19.6 Å². The average molecular weight is 321 g/mol. The van der Waals surface area contributed by atoms with Crippen LogP contribution in [0.5, 0.6) is 0 Å². The highest BCUT2D eigenvalue weighted by Crippen LogP contribution is 2.27. The quantitative estimate of drug-likeness (QED) is 0.617. The summed E-state index contributed by atoms with van der Waals surface area (Å²) in [5, 5.41) is 0. The monoisotopic (exact) mass is 321 g/mol. The molecule has 0 aromatic carbocycles. The second-order valence-electron chi connectivity index (χ2n) is 6.04. The highest BCUT2D eigenvalue weighted by Gasteiger charge is 2.35. The van der Waals surface area contributed by atoms with Gasteiger partial charge in [-0.15, -0.1) is 0 Å². The Kier molecular flexibility index (Phi) is 6.58. The van der Waals surface area contributed by atoms with Crippen LogP contribution >= 0.6 is 0 Å². The molecular weight excluding hydrogens is 294 g/mol. The number of sulfonamides is 1. The van der Waals surface area contributed by atoms with E-state index in [4.69, 9.17) is 10.5 Å². The van der Waals surface area contributed by atoms with E-state index in [1.807, 2.05) is 13.8 Å². The van der Waals surface area contributed by atoms with Crippen molar-refractivity contribution < 1.29 is 17.9 Å². The lowest BCUT2D eigenvalue weighted by Crippen LogP contribution is -2.55. The molecule has 0 spiro atoms. The molecule has 1 aliphatic rings. The summed E-state index contributed by atoms with van der Waals surface area (Å²) in [4.78, 5) is 13.8. The molecule has 124 valence electrons. The molecule has 1 fully saturated rings. The van der Waals surface area contributed by atoms with Gasteiger partial charge in [0.15, 0.2) is 0 Å². The van der Waals surface area contributed by atoms with Crippen molar-refractivity contribution >= 4 is 15.9 Å². The minimum absolute atomic E-state index is 0.0597. The van der Waals surface area contributed by atoms with E-state index in [1.165, 1.54) is 0 Å². The van der Waals surface area contributed by atoms with Gasteiger partial charge in [-0.05, 0) is 18.8 Å². The van der Waals surface area contributed by atoms with Gasteiger partial charge in [-0.3, -0.25) is 4.79 Å². The Labute approximate surface area is 127 Å². The molecule has 21 heavy (non-hydrogen) atoms. The zero-order valence-corrected chi connectivity index (χ0v) is 13.9. The molecule has 1 unspecified atom stereocenters. The van der Waals surface area contributed by atoms with Gasteiger partial charge < -0.3 is 15.4 Å². The predicted molar refractivity (Wildman–Crippen MR) is 81.2 cm³/mol. The van der Waals surface area contributed by atoms with Gasteiger partial charge in [0.05, 0.1) is 18.9 Å². The predicted octanol–water partition coefficient (Wildman–Crippen LogP) is -0.472. The summed E-state index contributed by atoms with van der Waals surface area (Å²) in [5.41, 5.74) is 5.87. The van der Waals surface area contributed by atoms with Crippen LogP contribution in [0.2, 0.25) is 0 Å². The van der Waals surface area contributed by atoms with E-state index in [0.29, 0.717) is 19.7 Å². The Morgan fingerprint density at radius 1 is 1.48 bits per heavy atom. The maximum absolute atomic E-state index is 12.1. The van der Waals surface area contributed by atoms with E-state index in [2.05, 4.69) is 4.72 Å². The minimum atomic E-state index is -3.47. The summed E-state index contributed by atoms with van der Waals surface area (Å²) < 4.78 is 30.7. The van der Waals surface area contributed by atoms with Crippen molar-refractivity contribution in [2.45, 2.75) is 33.2 Å². The summed E-state index contributed by atoms with van der Waals surface area (Å²) in [5.74, 6) is -0.347. The van der Waals surface area contributed by atoms with Crippen molar-refractivity contribution in [3.8, 4) is 0 Å². The van der Waals surface area contributed by atoms with Crippen LogP contribution < -0.4 is 10.5 Å². The molecule has 0 saturated carbocycles. The van der Waals surface area contributed by atoms with Gasteiger partial charge in [-0.25, -0.2) is 13.1 Å². The van der Waals surface area contributed by atoms with Gasteiger partial charge in [0.1, 0.15) is 0 Å². The van der Waals surface area contributed by atoms with Crippen LogP contribution in [0.1, 0.15) is 27.2 Å². The van der Waals surface area contributed by atoms with Gasteiger partial charge in [-0.1, -0.05) is 13.8 Å². The fourth-order valence-corrected chi connectivity index (χ4v) is 3.08. The van der Waals surface area contributed by atoms with Crippen molar-refractivity contribution in [2.75, 3.05) is 38.6 Å². The molecule has 1 amide bonds. The Balaban J connectivity index is 2.43. The topological polar surface area (TPSA) is 102 Å². The molecule has 3 N–H and O–H groups in total. The second kappa shape index (κ2) is 7.53. The average Bonchev–Trinajstić information content (AvgIpc) is 2.39. The first-order valence-electron chi connectivity index (χ1n) is 7.26. The number of ether oxygens (including phenoxy) is 1. The largest absolute Gasteiger partial charge is 0.381 e. The number of rotatable bonds is 7. The summed E-state index contributed by atoms with van der Waals surface area (Å²) in [6, 6.07) is 0.0597. The number of carbonyl (C=O) groups excluding carboxylic acids is 1.